The van der Waals surface area contributed by atoms with Gasteiger partial charge in [-0.3, -0.25) is 4.90 Å². The fourth-order valence-electron chi connectivity index (χ4n) is 5.06. The number of piperidine rings is 2. The Bertz CT molecular complexity index is 523. The first-order valence-electron chi connectivity index (χ1n) is 10.6. The van der Waals surface area contributed by atoms with E-state index in [1.165, 1.54) is 83.1 Å². The molecule has 0 aromatic heterocycles. The average molecular weight is 343 g/mol. The third kappa shape index (κ3) is 4.38. The molecule has 3 nitrogen and oxygen atoms in total. The molecular weight excluding hydrogens is 308 g/mol. The van der Waals surface area contributed by atoms with Gasteiger partial charge in [0.15, 0.2) is 0 Å². The van der Waals surface area contributed by atoms with Crippen molar-refractivity contribution in [3.63, 3.8) is 0 Å². The quantitative estimate of drug-likeness (QED) is 0.701. The second-order valence-electron chi connectivity index (χ2n) is 8.15. The van der Waals surface area contributed by atoms with Crippen LogP contribution in [0.25, 0.3) is 0 Å². The summed E-state index contributed by atoms with van der Waals surface area (Å²) in [5.74, 6) is 1.04. The second-order valence-corrected chi connectivity index (χ2v) is 8.15. The topological polar surface area (TPSA) is 15.7 Å². The largest absolute Gasteiger partial charge is 0.494 e. The van der Waals surface area contributed by atoms with Crippen molar-refractivity contribution in [2.24, 2.45) is 0 Å². The lowest BCUT2D eigenvalue weighted by Crippen LogP contribution is -2.35. The van der Waals surface area contributed by atoms with Crippen LogP contribution in [-0.4, -0.2) is 48.6 Å². The SMILES string of the molecule is c1cc([C@H]2CC[C@H]3CCCCN32)ccc1OCCCN1CCCCC1. The van der Waals surface area contributed by atoms with Crippen molar-refractivity contribution in [2.75, 3.05) is 32.8 Å². The molecule has 3 aliphatic rings. The average Bonchev–Trinajstić information content (AvgIpc) is 3.11. The maximum atomic E-state index is 5.98. The summed E-state index contributed by atoms with van der Waals surface area (Å²) in [6.45, 7) is 5.90. The van der Waals surface area contributed by atoms with Crippen molar-refractivity contribution in [1.82, 2.24) is 9.80 Å². The molecule has 0 radical (unpaired) electrons. The van der Waals surface area contributed by atoms with Gasteiger partial charge in [0.1, 0.15) is 5.75 Å². The Morgan fingerprint density at radius 2 is 1.64 bits per heavy atom. The number of fused-ring (bicyclic) bond motifs is 1. The lowest BCUT2D eigenvalue weighted by atomic mass is 10.0. The van der Waals surface area contributed by atoms with Crippen LogP contribution in [0, 0.1) is 0 Å². The normalized spacial score (nSPS) is 28.0. The fourth-order valence-corrected chi connectivity index (χ4v) is 5.06. The number of ether oxygens (including phenoxy) is 1. The lowest BCUT2D eigenvalue weighted by molar-refractivity contribution is 0.150. The predicted molar refractivity (Wildman–Crippen MR) is 103 cm³/mol. The number of rotatable bonds is 6. The van der Waals surface area contributed by atoms with E-state index in [1.807, 2.05) is 0 Å². The first-order chi connectivity index (χ1) is 12.4. The Kier molecular flexibility index (Phi) is 5.94. The third-order valence-electron chi connectivity index (χ3n) is 6.45. The molecule has 1 aromatic rings. The van der Waals surface area contributed by atoms with Gasteiger partial charge in [-0.2, -0.15) is 0 Å². The summed E-state index contributed by atoms with van der Waals surface area (Å²) in [5, 5.41) is 0. The first kappa shape index (κ1) is 17.4. The molecule has 0 aliphatic carbocycles. The first-order valence-corrected chi connectivity index (χ1v) is 10.6. The van der Waals surface area contributed by atoms with Gasteiger partial charge in [0.2, 0.25) is 0 Å². The number of nitrogens with zero attached hydrogens (tertiary/aromatic N) is 2. The van der Waals surface area contributed by atoms with Crippen molar-refractivity contribution in [3.05, 3.63) is 29.8 Å². The molecule has 3 saturated heterocycles. The van der Waals surface area contributed by atoms with Crippen LogP contribution in [0.2, 0.25) is 0 Å². The number of hydrogen-bond donors (Lipinski definition) is 0. The summed E-state index contributed by atoms with van der Waals surface area (Å²) in [4.78, 5) is 5.35. The molecule has 0 N–H and O–H groups in total. The van der Waals surface area contributed by atoms with Gasteiger partial charge >= 0.3 is 0 Å². The molecule has 25 heavy (non-hydrogen) atoms. The van der Waals surface area contributed by atoms with Gasteiger partial charge in [-0.25, -0.2) is 0 Å². The van der Waals surface area contributed by atoms with Gasteiger partial charge in [0.25, 0.3) is 0 Å². The highest BCUT2D eigenvalue weighted by Crippen LogP contribution is 2.40. The molecule has 0 bridgehead atoms. The molecular formula is C22H34N2O. The summed E-state index contributed by atoms with van der Waals surface area (Å²) in [6.07, 6.45) is 12.2. The van der Waals surface area contributed by atoms with Gasteiger partial charge in [-0.05, 0) is 82.3 Å². The molecule has 3 heteroatoms. The Labute approximate surface area is 153 Å². The van der Waals surface area contributed by atoms with Crippen molar-refractivity contribution in [2.45, 2.75) is 69.9 Å². The Balaban J connectivity index is 1.23. The van der Waals surface area contributed by atoms with E-state index in [0.29, 0.717) is 6.04 Å². The molecule has 3 fully saturated rings. The van der Waals surface area contributed by atoms with E-state index in [1.54, 1.807) is 0 Å². The number of likely N-dealkylation sites (tertiary alicyclic amines) is 1. The van der Waals surface area contributed by atoms with E-state index in [9.17, 15) is 0 Å². The van der Waals surface area contributed by atoms with Gasteiger partial charge in [-0.15, -0.1) is 0 Å². The van der Waals surface area contributed by atoms with Crippen molar-refractivity contribution in [1.29, 1.82) is 0 Å². The summed E-state index contributed by atoms with van der Waals surface area (Å²) in [5.41, 5.74) is 1.49. The van der Waals surface area contributed by atoms with Crippen LogP contribution < -0.4 is 4.74 Å². The summed E-state index contributed by atoms with van der Waals surface area (Å²) < 4.78 is 5.98. The molecule has 0 saturated carbocycles. The van der Waals surface area contributed by atoms with Gasteiger partial charge in [0, 0.05) is 18.6 Å². The van der Waals surface area contributed by atoms with Crippen LogP contribution in [0.1, 0.15) is 69.4 Å². The summed E-state index contributed by atoms with van der Waals surface area (Å²) in [7, 11) is 0. The predicted octanol–water partition coefficient (Wildman–Crippen LogP) is 4.63. The maximum Gasteiger partial charge on any atom is 0.119 e. The van der Waals surface area contributed by atoms with Crippen molar-refractivity contribution < 1.29 is 4.74 Å². The van der Waals surface area contributed by atoms with Crippen LogP contribution >= 0.6 is 0 Å². The van der Waals surface area contributed by atoms with Crippen LogP contribution in [0.15, 0.2) is 24.3 Å². The minimum absolute atomic E-state index is 0.651. The highest BCUT2D eigenvalue weighted by molar-refractivity contribution is 5.30. The summed E-state index contributed by atoms with van der Waals surface area (Å²) >= 11 is 0. The van der Waals surface area contributed by atoms with E-state index in [0.717, 1.165) is 24.8 Å². The van der Waals surface area contributed by atoms with Gasteiger partial charge in [0.05, 0.1) is 6.61 Å². The van der Waals surface area contributed by atoms with Crippen LogP contribution in [0.3, 0.4) is 0 Å². The third-order valence-corrected chi connectivity index (χ3v) is 6.45. The zero-order valence-electron chi connectivity index (χ0n) is 15.7. The highest BCUT2D eigenvalue weighted by Gasteiger charge is 2.35. The number of benzene rings is 1. The zero-order valence-corrected chi connectivity index (χ0v) is 15.7. The van der Waals surface area contributed by atoms with E-state index in [2.05, 4.69) is 34.1 Å². The minimum Gasteiger partial charge on any atom is -0.494 e. The monoisotopic (exact) mass is 342 g/mol. The molecule has 0 unspecified atom stereocenters. The van der Waals surface area contributed by atoms with Crippen LogP contribution in [0.5, 0.6) is 5.75 Å². The lowest BCUT2D eigenvalue weighted by Gasteiger charge is -2.34. The molecule has 0 amide bonds. The van der Waals surface area contributed by atoms with Gasteiger partial charge < -0.3 is 9.64 Å². The van der Waals surface area contributed by atoms with E-state index in [-0.39, 0.29) is 0 Å². The van der Waals surface area contributed by atoms with E-state index in [4.69, 9.17) is 4.74 Å². The molecule has 0 spiro atoms. The van der Waals surface area contributed by atoms with Crippen LogP contribution in [-0.2, 0) is 0 Å². The second kappa shape index (κ2) is 8.55. The Morgan fingerprint density at radius 1 is 0.840 bits per heavy atom. The standard InChI is InChI=1S/C22H34N2O/c1-3-14-23(15-4-1)16-6-18-25-21-11-8-19(9-12-21)22-13-10-20-7-2-5-17-24(20)22/h8-9,11-12,20,22H,1-7,10,13-18H2/t20-,22-/m1/s1. The zero-order chi connectivity index (χ0) is 16.9. The molecule has 3 heterocycles. The van der Waals surface area contributed by atoms with Crippen molar-refractivity contribution >= 4 is 0 Å². The summed E-state index contributed by atoms with van der Waals surface area (Å²) in [6, 6.07) is 10.5. The maximum absolute atomic E-state index is 5.98. The molecule has 1 aromatic carbocycles. The van der Waals surface area contributed by atoms with Crippen LogP contribution in [0.4, 0.5) is 0 Å². The van der Waals surface area contributed by atoms with E-state index >= 15 is 0 Å². The Hall–Kier alpha value is -1.06. The molecule has 3 aliphatic heterocycles. The van der Waals surface area contributed by atoms with Crippen molar-refractivity contribution in [3.8, 4) is 5.75 Å². The number of hydrogen-bond acceptors (Lipinski definition) is 3. The molecule has 4 rings (SSSR count). The van der Waals surface area contributed by atoms with E-state index < -0.39 is 0 Å². The minimum atomic E-state index is 0.651. The Morgan fingerprint density at radius 3 is 2.48 bits per heavy atom. The molecule has 2 atom stereocenters. The fraction of sp³-hybridized carbons (Fsp3) is 0.727. The smallest absolute Gasteiger partial charge is 0.119 e. The van der Waals surface area contributed by atoms with Gasteiger partial charge in [-0.1, -0.05) is 25.0 Å². The highest BCUT2D eigenvalue weighted by atomic mass is 16.5. The molecule has 138 valence electrons.